The van der Waals surface area contributed by atoms with Crippen LogP contribution < -0.4 is 0 Å². The molecule has 5 heteroatoms. The van der Waals surface area contributed by atoms with Crippen LogP contribution in [0.3, 0.4) is 0 Å². The van der Waals surface area contributed by atoms with Gasteiger partial charge in [0.05, 0.1) is 11.0 Å². The SMILES string of the molecule is c1ccc(-c2nc(-c3ccccc3)nc(-c3cccc4sc5ccc(-c6cccc7c8ccccc8n(-c8ccccc8)c67)cc5c34)n2)cc1. The third-order valence-electron chi connectivity index (χ3n) is 9.46. The molecular formula is C45H28N4S. The first-order valence-electron chi connectivity index (χ1n) is 16.7. The van der Waals surface area contributed by atoms with Gasteiger partial charge in [-0.1, -0.05) is 133 Å². The van der Waals surface area contributed by atoms with E-state index in [1.807, 2.05) is 36.4 Å². The molecule has 50 heavy (non-hydrogen) atoms. The molecule has 3 aromatic heterocycles. The average Bonchev–Trinajstić information content (AvgIpc) is 3.74. The molecule has 234 valence electrons. The van der Waals surface area contributed by atoms with E-state index in [9.17, 15) is 0 Å². The van der Waals surface area contributed by atoms with Crippen LogP contribution in [0.1, 0.15) is 0 Å². The van der Waals surface area contributed by atoms with Gasteiger partial charge in [0.25, 0.3) is 0 Å². The Morgan fingerprint density at radius 1 is 0.400 bits per heavy atom. The number of aromatic nitrogens is 4. The van der Waals surface area contributed by atoms with Gasteiger partial charge in [0.15, 0.2) is 17.5 Å². The highest BCUT2D eigenvalue weighted by Gasteiger charge is 2.19. The summed E-state index contributed by atoms with van der Waals surface area (Å²) in [7, 11) is 0. The van der Waals surface area contributed by atoms with E-state index in [1.165, 1.54) is 47.7 Å². The van der Waals surface area contributed by atoms with Gasteiger partial charge in [0.2, 0.25) is 0 Å². The van der Waals surface area contributed by atoms with Crippen molar-refractivity contribution in [1.82, 2.24) is 19.5 Å². The lowest BCUT2D eigenvalue weighted by Gasteiger charge is -2.12. The lowest BCUT2D eigenvalue weighted by atomic mass is 9.98. The minimum Gasteiger partial charge on any atom is -0.309 e. The van der Waals surface area contributed by atoms with E-state index in [4.69, 9.17) is 15.0 Å². The van der Waals surface area contributed by atoms with Gasteiger partial charge in [-0.3, -0.25) is 0 Å². The zero-order valence-electron chi connectivity index (χ0n) is 26.9. The molecule has 0 saturated carbocycles. The van der Waals surface area contributed by atoms with Gasteiger partial charge in [-0.05, 0) is 42.0 Å². The van der Waals surface area contributed by atoms with Gasteiger partial charge in [-0.2, -0.15) is 0 Å². The quantitative estimate of drug-likeness (QED) is 0.185. The molecule has 4 nitrogen and oxygen atoms in total. The third kappa shape index (κ3) is 4.63. The van der Waals surface area contributed by atoms with Crippen LogP contribution in [0.2, 0.25) is 0 Å². The Balaban J connectivity index is 1.22. The summed E-state index contributed by atoms with van der Waals surface area (Å²) in [4.78, 5) is 15.2. The Labute approximate surface area is 292 Å². The predicted octanol–water partition coefficient (Wildman–Crippen LogP) is 12.0. The van der Waals surface area contributed by atoms with Gasteiger partial charge in [-0.25, -0.2) is 15.0 Å². The van der Waals surface area contributed by atoms with Crippen molar-refractivity contribution in [3.63, 3.8) is 0 Å². The minimum absolute atomic E-state index is 0.659. The number of hydrogen-bond acceptors (Lipinski definition) is 4. The van der Waals surface area contributed by atoms with Crippen LogP contribution in [0, 0.1) is 0 Å². The molecule has 0 aliphatic carbocycles. The summed E-state index contributed by atoms with van der Waals surface area (Å²) in [6, 6.07) is 59.7. The summed E-state index contributed by atoms with van der Waals surface area (Å²) in [6.45, 7) is 0. The zero-order valence-corrected chi connectivity index (χ0v) is 27.7. The molecule has 0 aliphatic rings. The molecule has 3 heterocycles. The van der Waals surface area contributed by atoms with Crippen LogP contribution in [-0.4, -0.2) is 19.5 Å². The van der Waals surface area contributed by atoms with Crippen molar-refractivity contribution < 1.29 is 0 Å². The van der Waals surface area contributed by atoms with Crippen molar-refractivity contribution in [3.05, 3.63) is 170 Å². The number of nitrogens with zero attached hydrogens (tertiary/aromatic N) is 4. The van der Waals surface area contributed by atoms with E-state index < -0.39 is 0 Å². The summed E-state index contributed by atoms with van der Waals surface area (Å²) < 4.78 is 4.84. The van der Waals surface area contributed by atoms with Gasteiger partial charge in [0, 0.05) is 58.9 Å². The summed E-state index contributed by atoms with van der Waals surface area (Å²) >= 11 is 1.81. The molecule has 0 N–H and O–H groups in total. The average molecular weight is 657 g/mol. The normalized spacial score (nSPS) is 11.6. The lowest BCUT2D eigenvalue weighted by molar-refractivity contribution is 1.08. The van der Waals surface area contributed by atoms with E-state index in [2.05, 4.69) is 138 Å². The van der Waals surface area contributed by atoms with Gasteiger partial charge < -0.3 is 4.57 Å². The van der Waals surface area contributed by atoms with E-state index in [1.54, 1.807) is 11.3 Å². The second-order valence-electron chi connectivity index (χ2n) is 12.4. The number of rotatable bonds is 5. The first-order valence-corrected chi connectivity index (χ1v) is 17.5. The van der Waals surface area contributed by atoms with Gasteiger partial charge in [0.1, 0.15) is 0 Å². The molecule has 10 rings (SSSR count). The number of hydrogen-bond donors (Lipinski definition) is 0. The van der Waals surface area contributed by atoms with E-state index in [0.717, 1.165) is 27.8 Å². The molecule has 0 fully saturated rings. The fraction of sp³-hybridized carbons (Fsp3) is 0. The summed E-state index contributed by atoms with van der Waals surface area (Å²) in [5.41, 5.74) is 8.83. The van der Waals surface area contributed by atoms with Gasteiger partial charge in [-0.15, -0.1) is 11.3 Å². The van der Waals surface area contributed by atoms with Crippen LogP contribution >= 0.6 is 11.3 Å². The van der Waals surface area contributed by atoms with Crippen molar-refractivity contribution in [3.8, 4) is 51.0 Å². The molecule has 0 bridgehead atoms. The smallest absolute Gasteiger partial charge is 0.164 e. The Morgan fingerprint density at radius 2 is 1.00 bits per heavy atom. The number of benzene rings is 7. The van der Waals surface area contributed by atoms with Crippen molar-refractivity contribution in [2.75, 3.05) is 0 Å². The molecule has 0 spiro atoms. The molecule has 0 aliphatic heterocycles. The Bertz CT molecular complexity index is 2800. The first kappa shape index (κ1) is 28.6. The van der Waals surface area contributed by atoms with E-state index in [0.29, 0.717) is 17.5 Å². The molecule has 0 unspecified atom stereocenters. The summed E-state index contributed by atoms with van der Waals surface area (Å²) in [5, 5.41) is 4.84. The second-order valence-corrected chi connectivity index (χ2v) is 13.5. The Morgan fingerprint density at radius 3 is 1.74 bits per heavy atom. The zero-order chi connectivity index (χ0) is 33.0. The predicted molar refractivity (Wildman–Crippen MR) is 209 cm³/mol. The maximum Gasteiger partial charge on any atom is 0.164 e. The highest BCUT2D eigenvalue weighted by Crippen LogP contribution is 2.43. The van der Waals surface area contributed by atoms with E-state index in [-0.39, 0.29) is 0 Å². The molecule has 0 amide bonds. The fourth-order valence-corrected chi connectivity index (χ4v) is 8.32. The van der Waals surface area contributed by atoms with Crippen molar-refractivity contribution in [2.45, 2.75) is 0 Å². The summed E-state index contributed by atoms with van der Waals surface area (Å²) in [5.74, 6) is 1.99. The summed E-state index contributed by atoms with van der Waals surface area (Å²) in [6.07, 6.45) is 0. The van der Waals surface area contributed by atoms with Crippen molar-refractivity contribution >= 4 is 53.3 Å². The molecule has 7 aromatic carbocycles. The van der Waals surface area contributed by atoms with Crippen molar-refractivity contribution in [1.29, 1.82) is 0 Å². The number of thiophene rings is 1. The first-order chi connectivity index (χ1) is 24.8. The Kier molecular flexibility index (Phi) is 6.64. The molecule has 0 saturated heterocycles. The topological polar surface area (TPSA) is 43.6 Å². The molecule has 10 aromatic rings. The largest absolute Gasteiger partial charge is 0.309 e. The van der Waals surface area contributed by atoms with Crippen LogP contribution in [0.15, 0.2) is 170 Å². The number of fused-ring (bicyclic) bond motifs is 6. The van der Waals surface area contributed by atoms with Crippen LogP contribution in [0.5, 0.6) is 0 Å². The third-order valence-corrected chi connectivity index (χ3v) is 10.6. The second kappa shape index (κ2) is 11.6. The Hall–Kier alpha value is -6.43. The maximum atomic E-state index is 5.11. The molecule has 0 atom stereocenters. The highest BCUT2D eigenvalue weighted by molar-refractivity contribution is 7.26. The molecule has 0 radical (unpaired) electrons. The van der Waals surface area contributed by atoms with Crippen LogP contribution in [0.4, 0.5) is 0 Å². The number of para-hydroxylation sites is 3. The van der Waals surface area contributed by atoms with Crippen LogP contribution in [0.25, 0.3) is 93.0 Å². The van der Waals surface area contributed by atoms with Crippen molar-refractivity contribution in [2.24, 2.45) is 0 Å². The molecular weight excluding hydrogens is 629 g/mol. The standard InChI is InChI=1S/C45H28N4S/c1-4-14-29(15-5-1)43-46-44(30-16-6-2-7-17-30)48-45(47-43)36-23-13-25-40-41(36)37-28-31(26-27-39(37)50-40)33-21-12-22-35-34-20-10-11-24-38(34)49(42(33)35)32-18-8-3-9-19-32/h1-28H. The van der Waals surface area contributed by atoms with E-state index >= 15 is 0 Å². The van der Waals surface area contributed by atoms with Gasteiger partial charge >= 0.3 is 0 Å². The fourth-order valence-electron chi connectivity index (χ4n) is 7.21. The van der Waals surface area contributed by atoms with Crippen LogP contribution in [-0.2, 0) is 0 Å². The lowest BCUT2D eigenvalue weighted by Crippen LogP contribution is -2.00. The maximum absolute atomic E-state index is 5.11. The monoisotopic (exact) mass is 656 g/mol. The highest BCUT2D eigenvalue weighted by atomic mass is 32.1. The minimum atomic E-state index is 0.659.